The Labute approximate surface area is 254 Å². The Bertz CT molecular complexity index is 1170. The van der Waals surface area contributed by atoms with E-state index in [-0.39, 0.29) is 24.3 Å². The number of primary amides is 1. The molecule has 43 heavy (non-hydrogen) atoms. The van der Waals surface area contributed by atoms with E-state index in [4.69, 9.17) is 11.5 Å². The van der Waals surface area contributed by atoms with Crippen molar-refractivity contribution in [2.75, 3.05) is 13.1 Å². The maximum atomic E-state index is 14.0. The summed E-state index contributed by atoms with van der Waals surface area (Å²) in [5.74, 6) is -1.49. The van der Waals surface area contributed by atoms with Gasteiger partial charge < -0.3 is 31.9 Å². The van der Waals surface area contributed by atoms with E-state index >= 15 is 0 Å². The first-order valence-corrected chi connectivity index (χ1v) is 15.9. The third kappa shape index (κ3) is 7.93. The van der Waals surface area contributed by atoms with Gasteiger partial charge in [0.15, 0.2) is 0 Å². The maximum absolute atomic E-state index is 14.0. The quantitative estimate of drug-likeness (QED) is 0.265. The number of fused-ring (bicyclic) bond motifs is 1. The Morgan fingerprint density at radius 1 is 0.953 bits per heavy atom. The highest BCUT2D eigenvalue weighted by atomic mass is 16.2. The number of benzene rings is 1. The van der Waals surface area contributed by atoms with Gasteiger partial charge in [-0.05, 0) is 76.8 Å². The van der Waals surface area contributed by atoms with Gasteiger partial charge in [-0.1, -0.05) is 42.7 Å². The number of amides is 5. The van der Waals surface area contributed by atoms with Crippen LogP contribution in [0.4, 0.5) is 0 Å². The van der Waals surface area contributed by atoms with E-state index < -0.39 is 41.9 Å². The van der Waals surface area contributed by atoms with Gasteiger partial charge >= 0.3 is 0 Å². The average Bonchev–Trinajstić information content (AvgIpc) is 3.63. The topological polar surface area (TPSA) is 168 Å². The number of nitrogens with one attached hydrogen (secondary N) is 2. The van der Waals surface area contributed by atoms with Crippen molar-refractivity contribution in [1.29, 1.82) is 0 Å². The molecule has 2 saturated heterocycles. The number of carbonyl (C=O) groups excluding carboxylic acids is 5. The van der Waals surface area contributed by atoms with Crippen molar-refractivity contribution in [3.63, 3.8) is 0 Å². The third-order valence-electron chi connectivity index (χ3n) is 9.32. The van der Waals surface area contributed by atoms with Crippen LogP contribution in [0.25, 0.3) is 0 Å². The lowest BCUT2D eigenvalue weighted by Gasteiger charge is -2.35. The Morgan fingerprint density at radius 3 is 2.37 bits per heavy atom. The molecule has 1 aromatic rings. The number of likely N-dealkylation sites (tertiary alicyclic amines) is 2. The van der Waals surface area contributed by atoms with E-state index in [1.54, 1.807) is 11.8 Å². The standard InChI is InChI=1S/C32H48N6O5/c1-20-12-14-22(15-13-20)18-24(29(34)40)36-30(41)21(2)35-31(42)26-10-7-17-37(26)32(43)27-19-23-8-3-4-9-25(23)38(27)28(39)11-5-6-16-33/h12-15,21,23-27H,3-11,16-19,33H2,1-2H3,(H2,34,40)(H,35,42)(H,36,41)/t21-,23+,24+,25+,26+,27+/m1/s1. The molecule has 2 aliphatic heterocycles. The van der Waals surface area contributed by atoms with Crippen LogP contribution in [0.2, 0.25) is 0 Å². The summed E-state index contributed by atoms with van der Waals surface area (Å²) >= 11 is 0. The summed E-state index contributed by atoms with van der Waals surface area (Å²) in [6.07, 6.45) is 7.90. The fourth-order valence-corrected chi connectivity index (χ4v) is 6.94. The summed E-state index contributed by atoms with van der Waals surface area (Å²) in [4.78, 5) is 69.3. The highest BCUT2D eigenvalue weighted by Gasteiger charge is 2.50. The van der Waals surface area contributed by atoms with Crippen LogP contribution >= 0.6 is 0 Å². The molecular formula is C32H48N6O5. The molecule has 0 aromatic heterocycles. The van der Waals surface area contributed by atoms with Crippen molar-refractivity contribution in [3.05, 3.63) is 35.4 Å². The lowest BCUT2D eigenvalue weighted by atomic mass is 9.84. The zero-order valence-corrected chi connectivity index (χ0v) is 25.6. The Kier molecular flexibility index (Phi) is 11.2. The van der Waals surface area contributed by atoms with Crippen molar-refractivity contribution in [2.24, 2.45) is 17.4 Å². The number of hydrogen-bond acceptors (Lipinski definition) is 6. The van der Waals surface area contributed by atoms with Crippen LogP contribution in [0.15, 0.2) is 24.3 Å². The van der Waals surface area contributed by atoms with E-state index in [0.29, 0.717) is 51.1 Å². The maximum Gasteiger partial charge on any atom is 0.246 e. The van der Waals surface area contributed by atoms with Gasteiger partial charge in [-0.2, -0.15) is 0 Å². The second kappa shape index (κ2) is 14.8. The van der Waals surface area contributed by atoms with E-state index in [1.807, 2.05) is 36.1 Å². The molecule has 0 radical (unpaired) electrons. The molecule has 2 heterocycles. The molecule has 6 N–H and O–H groups in total. The zero-order valence-electron chi connectivity index (χ0n) is 25.6. The molecule has 0 bridgehead atoms. The van der Waals surface area contributed by atoms with Gasteiger partial charge in [-0.15, -0.1) is 0 Å². The highest BCUT2D eigenvalue weighted by molar-refractivity contribution is 5.96. The first-order valence-electron chi connectivity index (χ1n) is 15.9. The zero-order chi connectivity index (χ0) is 31.1. The molecule has 1 aliphatic carbocycles. The smallest absolute Gasteiger partial charge is 0.246 e. The second-order valence-electron chi connectivity index (χ2n) is 12.5. The summed E-state index contributed by atoms with van der Waals surface area (Å²) in [6, 6.07) is 4.50. The minimum atomic E-state index is -0.945. The minimum absolute atomic E-state index is 0.00124. The largest absolute Gasteiger partial charge is 0.368 e. The summed E-state index contributed by atoms with van der Waals surface area (Å²) in [6.45, 7) is 4.46. The molecule has 5 amide bonds. The van der Waals surface area contributed by atoms with Crippen LogP contribution in [-0.4, -0.2) is 82.6 Å². The van der Waals surface area contributed by atoms with Crippen molar-refractivity contribution in [3.8, 4) is 0 Å². The number of carbonyl (C=O) groups is 5. The van der Waals surface area contributed by atoms with E-state index in [9.17, 15) is 24.0 Å². The summed E-state index contributed by atoms with van der Waals surface area (Å²) < 4.78 is 0. The Morgan fingerprint density at radius 2 is 1.67 bits per heavy atom. The van der Waals surface area contributed by atoms with Crippen LogP contribution < -0.4 is 22.1 Å². The molecule has 4 rings (SSSR count). The Balaban J connectivity index is 1.38. The van der Waals surface area contributed by atoms with Gasteiger partial charge in [0.2, 0.25) is 29.5 Å². The monoisotopic (exact) mass is 596 g/mol. The molecule has 0 unspecified atom stereocenters. The van der Waals surface area contributed by atoms with Gasteiger partial charge in [0.1, 0.15) is 24.2 Å². The lowest BCUT2D eigenvalue weighted by molar-refractivity contribution is -0.148. The van der Waals surface area contributed by atoms with Crippen LogP contribution in [0.3, 0.4) is 0 Å². The van der Waals surface area contributed by atoms with Gasteiger partial charge in [0.05, 0.1) is 0 Å². The van der Waals surface area contributed by atoms with Crippen molar-refractivity contribution in [2.45, 2.75) is 115 Å². The van der Waals surface area contributed by atoms with E-state index in [0.717, 1.165) is 43.2 Å². The second-order valence-corrected chi connectivity index (χ2v) is 12.5. The predicted octanol–water partition coefficient (Wildman–Crippen LogP) is 1.29. The normalized spacial score (nSPS) is 24.6. The molecule has 11 nitrogen and oxygen atoms in total. The summed E-state index contributed by atoms with van der Waals surface area (Å²) in [5.41, 5.74) is 13.1. The van der Waals surface area contributed by atoms with Gasteiger partial charge in [0, 0.05) is 25.4 Å². The van der Waals surface area contributed by atoms with Gasteiger partial charge in [-0.25, -0.2) is 0 Å². The lowest BCUT2D eigenvalue weighted by Crippen LogP contribution is -2.57. The number of unbranched alkanes of at least 4 members (excludes halogenated alkanes) is 1. The van der Waals surface area contributed by atoms with Crippen LogP contribution in [0.5, 0.6) is 0 Å². The SMILES string of the molecule is Cc1ccc(C[C@H](NC(=O)[C@@H](C)NC(=O)[C@@H]2CCCN2C(=O)[C@@H]2C[C@@H]3CCCC[C@@H]3N2C(=O)CCCCN)C(N)=O)cc1. The molecule has 11 heteroatoms. The first kappa shape index (κ1) is 32.4. The Hall–Kier alpha value is -3.47. The molecule has 1 saturated carbocycles. The fourth-order valence-electron chi connectivity index (χ4n) is 6.94. The number of rotatable bonds is 12. The minimum Gasteiger partial charge on any atom is -0.368 e. The van der Waals surface area contributed by atoms with Crippen molar-refractivity contribution in [1.82, 2.24) is 20.4 Å². The summed E-state index contributed by atoms with van der Waals surface area (Å²) in [7, 11) is 0. The highest BCUT2D eigenvalue weighted by Crippen LogP contribution is 2.41. The first-order chi connectivity index (χ1) is 20.6. The van der Waals surface area contributed by atoms with Crippen LogP contribution in [-0.2, 0) is 30.4 Å². The molecule has 236 valence electrons. The molecule has 6 atom stereocenters. The molecule has 1 aromatic carbocycles. The van der Waals surface area contributed by atoms with Crippen molar-refractivity contribution >= 4 is 29.5 Å². The van der Waals surface area contributed by atoms with Gasteiger partial charge in [0.25, 0.3) is 0 Å². The van der Waals surface area contributed by atoms with Gasteiger partial charge in [-0.3, -0.25) is 24.0 Å². The molecule has 0 spiro atoms. The number of aryl methyl sites for hydroxylation is 1. The number of nitrogens with two attached hydrogens (primary N) is 2. The molecule has 3 fully saturated rings. The number of nitrogens with zero attached hydrogens (tertiary/aromatic N) is 2. The average molecular weight is 597 g/mol. The molecule has 3 aliphatic rings. The third-order valence-corrected chi connectivity index (χ3v) is 9.32. The van der Waals surface area contributed by atoms with E-state index in [2.05, 4.69) is 10.6 Å². The predicted molar refractivity (Wildman–Crippen MR) is 162 cm³/mol. The van der Waals surface area contributed by atoms with E-state index in [1.165, 1.54) is 0 Å². The van der Waals surface area contributed by atoms with Crippen LogP contribution in [0.1, 0.15) is 82.3 Å². The fraction of sp³-hybridized carbons (Fsp3) is 0.656. The van der Waals surface area contributed by atoms with Crippen molar-refractivity contribution < 1.29 is 24.0 Å². The molecular weight excluding hydrogens is 548 g/mol. The number of hydrogen-bond donors (Lipinski definition) is 4. The summed E-state index contributed by atoms with van der Waals surface area (Å²) in [5, 5.41) is 5.40. The van der Waals surface area contributed by atoms with Crippen LogP contribution in [0, 0.1) is 12.8 Å².